The van der Waals surface area contributed by atoms with E-state index >= 15 is 0 Å². The van der Waals surface area contributed by atoms with Gasteiger partial charge in [0.25, 0.3) is 0 Å². The third-order valence-electron chi connectivity index (χ3n) is 2.34. The highest BCUT2D eigenvalue weighted by atomic mass is 35.5. The Labute approximate surface area is 141 Å². The summed E-state index contributed by atoms with van der Waals surface area (Å²) in [7, 11) is 0. The molecule has 1 rings (SSSR count). The van der Waals surface area contributed by atoms with E-state index in [1.54, 1.807) is 19.4 Å². The van der Waals surface area contributed by atoms with E-state index in [0.29, 0.717) is 4.24 Å². The molecule has 0 saturated heterocycles. The summed E-state index contributed by atoms with van der Waals surface area (Å²) in [5.74, 6) is -1.20. The van der Waals surface area contributed by atoms with Crippen molar-refractivity contribution in [3.8, 4) is 0 Å². The van der Waals surface area contributed by atoms with Crippen molar-refractivity contribution >= 4 is 58.5 Å². The average Bonchev–Trinajstić information content (AvgIpc) is 2.44. The van der Waals surface area contributed by atoms with Crippen LogP contribution in [0.5, 0.6) is 0 Å². The van der Waals surface area contributed by atoms with Gasteiger partial charge in [0.05, 0.1) is 16.4 Å². The maximum atomic E-state index is 12.6. The summed E-state index contributed by atoms with van der Waals surface area (Å²) in [6.07, 6.45) is 3.56. The zero-order valence-corrected chi connectivity index (χ0v) is 14.8. The van der Waals surface area contributed by atoms with Gasteiger partial charge in [-0.25, -0.2) is 9.78 Å². The smallest absolute Gasteiger partial charge is 0.343 e. The molecule has 1 heterocycles. The Bertz CT molecular complexity index is 585. The Morgan fingerprint density at radius 2 is 1.86 bits per heavy atom. The maximum absolute atomic E-state index is 12.6. The van der Waals surface area contributed by atoms with Crippen LogP contribution in [0.4, 0.5) is 0 Å². The van der Waals surface area contributed by atoms with Crippen molar-refractivity contribution < 1.29 is 14.3 Å². The summed E-state index contributed by atoms with van der Waals surface area (Å²) in [4.78, 5) is 28.5. The molecule has 4 nitrogen and oxygen atoms in total. The lowest BCUT2D eigenvalue weighted by molar-refractivity contribution is -0.138. The first-order valence-electron chi connectivity index (χ1n) is 5.82. The Hall–Kier alpha value is -0.690. The van der Waals surface area contributed by atoms with Gasteiger partial charge in [-0.15, -0.1) is 23.5 Å². The minimum atomic E-state index is -0.674. The van der Waals surface area contributed by atoms with Crippen LogP contribution in [-0.2, 0) is 9.53 Å². The minimum absolute atomic E-state index is 0.0390. The number of nitrogens with zero attached hydrogens (tertiary/aromatic N) is 1. The molecule has 0 aromatic carbocycles. The van der Waals surface area contributed by atoms with E-state index in [1.165, 1.54) is 35.7 Å². The van der Waals surface area contributed by atoms with Gasteiger partial charge in [0.1, 0.15) is 15.9 Å². The molecule has 0 spiro atoms. The van der Waals surface area contributed by atoms with E-state index in [-0.39, 0.29) is 28.0 Å². The normalized spacial score (nSPS) is 10.1. The Balaban J connectivity index is 3.35. The van der Waals surface area contributed by atoms with Crippen molar-refractivity contribution in [1.29, 1.82) is 0 Å². The number of halogens is 2. The zero-order valence-electron chi connectivity index (χ0n) is 11.6. The molecule has 0 unspecified atom stereocenters. The van der Waals surface area contributed by atoms with E-state index in [0.717, 1.165) is 0 Å². The van der Waals surface area contributed by atoms with Crippen LogP contribution in [0.1, 0.15) is 17.3 Å². The topological polar surface area (TPSA) is 56.3 Å². The molecule has 0 bridgehead atoms. The summed E-state index contributed by atoms with van der Waals surface area (Å²) < 4.78 is 5.52. The SMILES string of the molecule is CCOC(=O)C(C(=O)c1ccc(Cl)nc1Cl)=C(SC)SC. The number of Topliss-reactive ketones (excluding diaryl/α,β-unsaturated/α-hetero) is 1. The van der Waals surface area contributed by atoms with Gasteiger partial charge in [-0.2, -0.15) is 0 Å². The third-order valence-corrected chi connectivity index (χ3v) is 4.99. The highest BCUT2D eigenvalue weighted by Gasteiger charge is 2.27. The molecule has 1 aromatic heterocycles. The Morgan fingerprint density at radius 1 is 1.24 bits per heavy atom. The quantitative estimate of drug-likeness (QED) is 0.189. The maximum Gasteiger partial charge on any atom is 0.343 e. The molecule has 21 heavy (non-hydrogen) atoms. The first-order chi connectivity index (χ1) is 9.96. The molecule has 1 aromatic rings. The molecule has 114 valence electrons. The molecule has 8 heteroatoms. The molecule has 0 saturated carbocycles. The van der Waals surface area contributed by atoms with Crippen molar-refractivity contribution in [2.24, 2.45) is 0 Å². The van der Waals surface area contributed by atoms with Crippen LogP contribution in [0.25, 0.3) is 0 Å². The number of hydrogen-bond donors (Lipinski definition) is 0. The number of rotatable bonds is 6. The summed E-state index contributed by atoms with van der Waals surface area (Å²) in [5, 5.41) is 0.129. The van der Waals surface area contributed by atoms with Crippen LogP contribution in [0.2, 0.25) is 10.3 Å². The van der Waals surface area contributed by atoms with Crippen molar-refractivity contribution in [3.63, 3.8) is 0 Å². The fourth-order valence-corrected chi connectivity index (χ4v) is 3.33. The van der Waals surface area contributed by atoms with Gasteiger partial charge in [0.15, 0.2) is 0 Å². The molecule has 0 aliphatic carbocycles. The van der Waals surface area contributed by atoms with Crippen LogP contribution in [-0.4, -0.2) is 35.9 Å². The fourth-order valence-electron chi connectivity index (χ4n) is 1.48. The van der Waals surface area contributed by atoms with Gasteiger partial charge in [0.2, 0.25) is 5.78 Å². The van der Waals surface area contributed by atoms with Gasteiger partial charge in [0, 0.05) is 0 Å². The molecular weight excluding hydrogens is 353 g/mol. The molecule has 0 amide bonds. The number of ether oxygens (including phenoxy) is 1. The van der Waals surface area contributed by atoms with Gasteiger partial charge in [-0.3, -0.25) is 4.79 Å². The summed E-state index contributed by atoms with van der Waals surface area (Å²) in [5.41, 5.74) is 0.0765. The summed E-state index contributed by atoms with van der Waals surface area (Å²) in [6, 6.07) is 2.89. The minimum Gasteiger partial charge on any atom is -0.462 e. The largest absolute Gasteiger partial charge is 0.462 e. The van der Waals surface area contributed by atoms with E-state index in [9.17, 15) is 9.59 Å². The Kier molecular flexibility index (Phi) is 7.59. The van der Waals surface area contributed by atoms with Crippen LogP contribution in [0.3, 0.4) is 0 Å². The third kappa shape index (κ3) is 4.64. The number of pyridine rings is 1. The molecular formula is C13H13Cl2NO3S2. The second-order valence-electron chi connectivity index (χ2n) is 3.59. The van der Waals surface area contributed by atoms with E-state index in [4.69, 9.17) is 27.9 Å². The number of esters is 1. The predicted octanol–water partition coefficient (Wildman–Crippen LogP) is 4.07. The highest BCUT2D eigenvalue weighted by molar-refractivity contribution is 8.21. The lowest BCUT2D eigenvalue weighted by Crippen LogP contribution is -2.18. The van der Waals surface area contributed by atoms with Crippen molar-refractivity contribution in [3.05, 3.63) is 37.8 Å². The second-order valence-corrected chi connectivity index (χ2v) is 6.23. The fraction of sp³-hybridized carbons (Fsp3) is 0.308. The van der Waals surface area contributed by atoms with E-state index in [1.807, 2.05) is 0 Å². The first kappa shape index (κ1) is 18.4. The molecule has 0 aliphatic heterocycles. The molecule has 0 aliphatic rings. The second kappa shape index (κ2) is 8.68. The van der Waals surface area contributed by atoms with E-state index < -0.39 is 11.8 Å². The van der Waals surface area contributed by atoms with Crippen molar-refractivity contribution in [2.45, 2.75) is 6.92 Å². The molecule has 0 radical (unpaired) electrons. The lowest BCUT2D eigenvalue weighted by Gasteiger charge is -2.11. The van der Waals surface area contributed by atoms with Crippen LogP contribution in [0.15, 0.2) is 21.9 Å². The number of thioether (sulfide) groups is 2. The predicted molar refractivity (Wildman–Crippen MR) is 89.3 cm³/mol. The Morgan fingerprint density at radius 3 is 2.33 bits per heavy atom. The number of carbonyl (C=O) groups excluding carboxylic acids is 2. The van der Waals surface area contributed by atoms with Gasteiger partial charge in [-0.05, 0) is 31.6 Å². The summed E-state index contributed by atoms with van der Waals surface area (Å²) in [6.45, 7) is 1.85. The number of aromatic nitrogens is 1. The monoisotopic (exact) mass is 365 g/mol. The van der Waals surface area contributed by atoms with Gasteiger partial charge in [-0.1, -0.05) is 23.2 Å². The average molecular weight is 366 g/mol. The standard InChI is InChI=1S/C13H13Cl2NO3S2/c1-4-19-12(18)9(13(20-2)21-3)10(17)7-5-6-8(14)16-11(7)15/h5-6H,4H2,1-3H3. The number of ketones is 1. The molecule has 0 atom stereocenters. The van der Waals surface area contributed by atoms with Crippen LogP contribution < -0.4 is 0 Å². The zero-order chi connectivity index (χ0) is 16.0. The van der Waals surface area contributed by atoms with Crippen molar-refractivity contribution in [2.75, 3.05) is 19.1 Å². The highest BCUT2D eigenvalue weighted by Crippen LogP contribution is 2.31. The van der Waals surface area contributed by atoms with E-state index in [2.05, 4.69) is 4.98 Å². The van der Waals surface area contributed by atoms with Crippen LogP contribution in [0, 0.1) is 0 Å². The van der Waals surface area contributed by atoms with Gasteiger partial charge >= 0.3 is 5.97 Å². The number of carbonyl (C=O) groups is 2. The van der Waals surface area contributed by atoms with Crippen LogP contribution >= 0.6 is 46.7 Å². The summed E-state index contributed by atoms with van der Waals surface area (Å²) >= 11 is 14.2. The van der Waals surface area contributed by atoms with Crippen molar-refractivity contribution in [1.82, 2.24) is 4.98 Å². The first-order valence-corrected chi connectivity index (χ1v) is 9.02. The lowest BCUT2D eigenvalue weighted by atomic mass is 10.1. The van der Waals surface area contributed by atoms with Gasteiger partial charge < -0.3 is 4.74 Å². The number of hydrogen-bond acceptors (Lipinski definition) is 6. The molecule has 0 N–H and O–H groups in total. The molecule has 0 fully saturated rings.